The lowest BCUT2D eigenvalue weighted by Gasteiger charge is -2.16. The van der Waals surface area contributed by atoms with Crippen LogP contribution < -0.4 is 0 Å². The van der Waals surface area contributed by atoms with Gasteiger partial charge in [-0.05, 0) is 0 Å². The smallest absolute Gasteiger partial charge is 0.367 e. The Bertz CT molecular complexity index is 223. The van der Waals surface area contributed by atoms with Crippen molar-refractivity contribution in [3.63, 3.8) is 0 Å². The molecular formula is C3H8O8S. The lowest BCUT2D eigenvalue weighted by atomic mass is 10.4. The summed E-state index contributed by atoms with van der Waals surface area (Å²) in [6, 6.07) is 0. The van der Waals surface area contributed by atoms with E-state index in [4.69, 9.17) is 25.0 Å². The minimum absolute atomic E-state index is 1.20. The summed E-state index contributed by atoms with van der Waals surface area (Å²) in [5.41, 5.74) is 0. The molecule has 12 heavy (non-hydrogen) atoms. The van der Waals surface area contributed by atoms with E-state index in [9.17, 15) is 8.42 Å². The zero-order valence-corrected chi connectivity index (χ0v) is 6.47. The molecule has 0 heterocycles. The van der Waals surface area contributed by atoms with E-state index in [1.54, 1.807) is 0 Å². The number of hydrogen-bond donors (Lipinski definition) is 5. The van der Waals surface area contributed by atoms with Crippen molar-refractivity contribution in [2.45, 2.75) is 18.7 Å². The summed E-state index contributed by atoms with van der Waals surface area (Å²) in [5, 5.41) is 33.0. The van der Waals surface area contributed by atoms with E-state index in [1.807, 2.05) is 0 Å². The van der Waals surface area contributed by atoms with Gasteiger partial charge in [-0.1, -0.05) is 0 Å². The lowest BCUT2D eigenvalue weighted by molar-refractivity contribution is -0.331. The molecule has 1 atom stereocenters. The van der Waals surface area contributed by atoms with Crippen molar-refractivity contribution in [3.05, 3.63) is 0 Å². The van der Waals surface area contributed by atoms with E-state index in [-0.39, 0.29) is 0 Å². The molecule has 0 aromatic carbocycles. The van der Waals surface area contributed by atoms with Gasteiger partial charge in [-0.2, -0.15) is 8.42 Å². The monoisotopic (exact) mass is 204 g/mol. The molecule has 1 unspecified atom stereocenters. The minimum atomic E-state index is -4.88. The number of aliphatic hydroxyl groups excluding tert-OH is 1. The molecule has 0 aliphatic heterocycles. The Morgan fingerprint density at radius 2 is 1.75 bits per heavy atom. The fraction of sp³-hybridized carbons (Fsp3) is 1.00. The standard InChI is InChI=1S/C3H8O8S/c4-2(1-3(5,6)7)11-12(8,9)10/h2,4-7H,1H2,(H,8,9,10). The molecule has 9 heteroatoms. The minimum Gasteiger partial charge on any atom is -0.367 e. The van der Waals surface area contributed by atoms with Crippen LogP contribution in [0.1, 0.15) is 6.42 Å². The molecule has 0 aromatic rings. The van der Waals surface area contributed by atoms with Gasteiger partial charge in [0.25, 0.3) is 5.97 Å². The van der Waals surface area contributed by atoms with Crippen molar-refractivity contribution in [1.82, 2.24) is 0 Å². The highest BCUT2D eigenvalue weighted by Crippen LogP contribution is 2.07. The molecular weight excluding hydrogens is 196 g/mol. The van der Waals surface area contributed by atoms with E-state index in [0.29, 0.717) is 0 Å². The Labute approximate surface area is 67.6 Å². The number of aliphatic hydroxyl groups is 4. The van der Waals surface area contributed by atoms with Crippen LogP contribution in [0.25, 0.3) is 0 Å². The molecule has 0 radical (unpaired) electrons. The van der Waals surface area contributed by atoms with Gasteiger partial charge in [0.05, 0.1) is 6.42 Å². The second kappa shape index (κ2) is 3.62. The normalized spacial score (nSPS) is 16.1. The molecule has 0 bridgehead atoms. The molecule has 0 aliphatic rings. The molecule has 0 aliphatic carbocycles. The van der Waals surface area contributed by atoms with Gasteiger partial charge in [0, 0.05) is 0 Å². The molecule has 5 N–H and O–H groups in total. The van der Waals surface area contributed by atoms with E-state index >= 15 is 0 Å². The van der Waals surface area contributed by atoms with Crippen molar-refractivity contribution >= 4 is 10.4 Å². The van der Waals surface area contributed by atoms with Gasteiger partial charge in [0.1, 0.15) is 0 Å². The number of hydrogen-bond acceptors (Lipinski definition) is 7. The first-order valence-corrected chi connectivity index (χ1v) is 3.97. The van der Waals surface area contributed by atoms with Crippen LogP contribution in [-0.4, -0.2) is 45.7 Å². The summed E-state index contributed by atoms with van der Waals surface area (Å²) in [6.45, 7) is 0. The molecule has 8 nitrogen and oxygen atoms in total. The average molecular weight is 204 g/mol. The average Bonchev–Trinajstić information content (AvgIpc) is 1.49. The van der Waals surface area contributed by atoms with Crippen LogP contribution in [0.15, 0.2) is 0 Å². The maximum atomic E-state index is 9.86. The first kappa shape index (κ1) is 11.7. The fourth-order valence-corrected chi connectivity index (χ4v) is 0.757. The van der Waals surface area contributed by atoms with Crippen LogP contribution in [0.5, 0.6) is 0 Å². The van der Waals surface area contributed by atoms with Crippen LogP contribution in [0.3, 0.4) is 0 Å². The maximum Gasteiger partial charge on any atom is 0.399 e. The molecule has 0 saturated carbocycles. The maximum absolute atomic E-state index is 9.86. The predicted octanol–water partition coefficient (Wildman–Crippen LogP) is -2.85. The Hall–Kier alpha value is -0.290. The predicted molar refractivity (Wildman–Crippen MR) is 32.6 cm³/mol. The zero-order valence-electron chi connectivity index (χ0n) is 5.65. The highest BCUT2D eigenvalue weighted by molar-refractivity contribution is 7.80. The van der Waals surface area contributed by atoms with Crippen molar-refractivity contribution in [2.75, 3.05) is 0 Å². The highest BCUT2D eigenvalue weighted by Gasteiger charge is 2.26. The fourth-order valence-electron chi connectivity index (χ4n) is 0.409. The van der Waals surface area contributed by atoms with Crippen LogP contribution >= 0.6 is 0 Å². The molecule has 0 fully saturated rings. The topological polar surface area (TPSA) is 145 Å². The second-order valence-electron chi connectivity index (χ2n) is 1.96. The molecule has 0 rings (SSSR count). The van der Waals surface area contributed by atoms with Gasteiger partial charge in [-0.3, -0.25) is 4.55 Å². The zero-order chi connectivity index (χ0) is 9.99. The summed E-state index contributed by atoms with van der Waals surface area (Å²) in [5.74, 6) is -3.26. The van der Waals surface area contributed by atoms with E-state index in [0.717, 1.165) is 0 Å². The van der Waals surface area contributed by atoms with Crippen molar-refractivity contribution < 1.29 is 37.6 Å². The summed E-state index contributed by atoms with van der Waals surface area (Å²) in [4.78, 5) is 0. The van der Waals surface area contributed by atoms with Crippen molar-refractivity contribution in [2.24, 2.45) is 0 Å². The van der Waals surface area contributed by atoms with Gasteiger partial charge in [-0.25, -0.2) is 4.18 Å². The third-order valence-electron chi connectivity index (χ3n) is 0.681. The van der Waals surface area contributed by atoms with Crippen LogP contribution in [0.4, 0.5) is 0 Å². The van der Waals surface area contributed by atoms with E-state index in [1.165, 1.54) is 0 Å². The van der Waals surface area contributed by atoms with Crippen LogP contribution in [0, 0.1) is 0 Å². The van der Waals surface area contributed by atoms with Gasteiger partial charge in [0.2, 0.25) is 0 Å². The van der Waals surface area contributed by atoms with Gasteiger partial charge < -0.3 is 20.4 Å². The summed E-state index contributed by atoms with van der Waals surface area (Å²) < 4.78 is 31.1. The number of rotatable bonds is 4. The molecule has 0 aromatic heterocycles. The Balaban J connectivity index is 4.00. The quantitative estimate of drug-likeness (QED) is 0.243. The lowest BCUT2D eigenvalue weighted by Crippen LogP contribution is -2.34. The SMILES string of the molecule is O=S(=O)(O)OC(O)CC(O)(O)O. The Kier molecular flexibility index (Phi) is 3.53. The summed E-state index contributed by atoms with van der Waals surface area (Å²) >= 11 is 0. The summed E-state index contributed by atoms with van der Waals surface area (Å²) in [6.07, 6.45) is -3.44. The van der Waals surface area contributed by atoms with Crippen molar-refractivity contribution in [3.8, 4) is 0 Å². The van der Waals surface area contributed by atoms with Gasteiger partial charge >= 0.3 is 10.4 Å². The van der Waals surface area contributed by atoms with Crippen molar-refractivity contribution in [1.29, 1.82) is 0 Å². The molecule has 0 saturated heterocycles. The third kappa shape index (κ3) is 7.81. The Morgan fingerprint density at radius 3 is 2.00 bits per heavy atom. The van der Waals surface area contributed by atoms with Gasteiger partial charge in [-0.15, -0.1) is 0 Å². The second-order valence-corrected chi connectivity index (χ2v) is 3.00. The van der Waals surface area contributed by atoms with E-state index < -0.39 is 29.1 Å². The van der Waals surface area contributed by atoms with E-state index in [2.05, 4.69) is 4.18 Å². The Morgan fingerprint density at radius 1 is 1.33 bits per heavy atom. The highest BCUT2D eigenvalue weighted by atomic mass is 32.3. The van der Waals surface area contributed by atoms with Crippen LogP contribution in [0.2, 0.25) is 0 Å². The first-order chi connectivity index (χ1) is 5.10. The van der Waals surface area contributed by atoms with Crippen LogP contribution in [-0.2, 0) is 14.6 Å². The summed E-state index contributed by atoms with van der Waals surface area (Å²) in [7, 11) is -4.88. The van der Waals surface area contributed by atoms with Gasteiger partial charge in [0.15, 0.2) is 6.29 Å². The molecule has 0 spiro atoms. The first-order valence-electron chi connectivity index (χ1n) is 2.61. The largest absolute Gasteiger partial charge is 0.399 e. The molecule has 0 amide bonds. The molecule has 74 valence electrons. The third-order valence-corrected chi connectivity index (χ3v) is 1.15.